The maximum Gasteiger partial charge on any atom is 0.265 e. The lowest BCUT2D eigenvalue weighted by molar-refractivity contribution is -0.121. The van der Waals surface area contributed by atoms with Crippen molar-refractivity contribution in [1.82, 2.24) is 0 Å². The van der Waals surface area contributed by atoms with E-state index in [0.29, 0.717) is 36.7 Å². The Labute approximate surface area is 178 Å². The standard InChI is InChI=1S/C24H30N2O4/c1-4-18(5-2)24(28)25-19-9-12-22-21(15-19)26(23(27)16-30-22)13-6-14-29-20-10-7-17(3)8-11-20/h7-12,15,18H,4-6,13-14,16H2,1-3H3,(H,25,28). The molecule has 6 heteroatoms. The van der Waals surface area contributed by atoms with Crippen LogP contribution in [0.4, 0.5) is 11.4 Å². The van der Waals surface area contributed by atoms with E-state index >= 15 is 0 Å². The van der Waals surface area contributed by atoms with E-state index in [1.165, 1.54) is 5.56 Å². The summed E-state index contributed by atoms with van der Waals surface area (Å²) in [5.41, 5.74) is 2.54. The molecule has 0 fully saturated rings. The lowest BCUT2D eigenvalue weighted by Crippen LogP contribution is -2.40. The Bertz CT molecular complexity index is 875. The second kappa shape index (κ2) is 10.1. The summed E-state index contributed by atoms with van der Waals surface area (Å²) in [5.74, 6) is 1.35. The molecule has 160 valence electrons. The Morgan fingerprint density at radius 3 is 2.60 bits per heavy atom. The van der Waals surface area contributed by atoms with Crippen LogP contribution < -0.4 is 19.7 Å². The lowest BCUT2D eigenvalue weighted by atomic mass is 10.0. The minimum Gasteiger partial charge on any atom is -0.494 e. The molecule has 30 heavy (non-hydrogen) atoms. The number of anilines is 2. The third-order valence-corrected chi connectivity index (χ3v) is 5.34. The molecule has 0 radical (unpaired) electrons. The van der Waals surface area contributed by atoms with Crippen molar-refractivity contribution in [3.63, 3.8) is 0 Å². The van der Waals surface area contributed by atoms with Crippen LogP contribution in [0.25, 0.3) is 0 Å². The highest BCUT2D eigenvalue weighted by atomic mass is 16.5. The first-order valence-corrected chi connectivity index (χ1v) is 10.6. The van der Waals surface area contributed by atoms with E-state index in [1.807, 2.05) is 57.2 Å². The summed E-state index contributed by atoms with van der Waals surface area (Å²) >= 11 is 0. The van der Waals surface area contributed by atoms with Crippen molar-refractivity contribution in [2.24, 2.45) is 5.92 Å². The predicted octanol–water partition coefficient (Wildman–Crippen LogP) is 4.56. The zero-order valence-corrected chi connectivity index (χ0v) is 17.9. The summed E-state index contributed by atoms with van der Waals surface area (Å²) in [5, 5.41) is 2.97. The fourth-order valence-corrected chi connectivity index (χ4v) is 3.48. The molecule has 6 nitrogen and oxygen atoms in total. The van der Waals surface area contributed by atoms with Gasteiger partial charge < -0.3 is 19.7 Å². The number of hydrogen-bond donors (Lipinski definition) is 1. The van der Waals surface area contributed by atoms with Gasteiger partial charge in [-0.3, -0.25) is 9.59 Å². The maximum atomic E-state index is 12.5. The summed E-state index contributed by atoms with van der Waals surface area (Å²) in [7, 11) is 0. The Balaban J connectivity index is 1.64. The number of carbonyl (C=O) groups excluding carboxylic acids is 2. The smallest absolute Gasteiger partial charge is 0.265 e. The Morgan fingerprint density at radius 1 is 1.17 bits per heavy atom. The summed E-state index contributed by atoms with van der Waals surface area (Å²) in [6.07, 6.45) is 2.27. The molecule has 0 saturated carbocycles. The van der Waals surface area contributed by atoms with Gasteiger partial charge in [0.05, 0.1) is 12.3 Å². The Morgan fingerprint density at radius 2 is 1.90 bits per heavy atom. The van der Waals surface area contributed by atoms with Crippen LogP contribution in [0.1, 0.15) is 38.7 Å². The zero-order chi connectivity index (χ0) is 21.5. The molecule has 0 atom stereocenters. The highest BCUT2D eigenvalue weighted by Crippen LogP contribution is 2.35. The molecule has 1 aliphatic rings. The van der Waals surface area contributed by atoms with Gasteiger partial charge in [-0.15, -0.1) is 0 Å². The summed E-state index contributed by atoms with van der Waals surface area (Å²) in [6.45, 7) is 7.10. The number of fused-ring (bicyclic) bond motifs is 1. The molecule has 3 rings (SSSR count). The van der Waals surface area contributed by atoms with Crippen molar-refractivity contribution in [3.05, 3.63) is 48.0 Å². The van der Waals surface area contributed by atoms with Crippen LogP contribution in [0, 0.1) is 12.8 Å². The summed E-state index contributed by atoms with van der Waals surface area (Å²) < 4.78 is 11.3. The van der Waals surface area contributed by atoms with Gasteiger partial charge in [0, 0.05) is 18.2 Å². The predicted molar refractivity (Wildman–Crippen MR) is 118 cm³/mol. The van der Waals surface area contributed by atoms with Crippen LogP contribution in [-0.2, 0) is 9.59 Å². The molecular weight excluding hydrogens is 380 g/mol. The van der Waals surface area contributed by atoms with Crippen molar-refractivity contribution in [2.75, 3.05) is 30.0 Å². The van der Waals surface area contributed by atoms with Crippen molar-refractivity contribution >= 4 is 23.2 Å². The first-order chi connectivity index (χ1) is 14.5. The van der Waals surface area contributed by atoms with Crippen LogP contribution in [-0.4, -0.2) is 31.6 Å². The number of ether oxygens (including phenoxy) is 2. The van der Waals surface area contributed by atoms with E-state index < -0.39 is 0 Å². The van der Waals surface area contributed by atoms with Gasteiger partial charge >= 0.3 is 0 Å². The number of nitrogens with zero attached hydrogens (tertiary/aromatic N) is 1. The minimum atomic E-state index is -0.0960. The molecule has 0 saturated heterocycles. The van der Waals surface area contributed by atoms with Gasteiger partial charge in [-0.25, -0.2) is 0 Å². The normalized spacial score (nSPS) is 13.1. The summed E-state index contributed by atoms with van der Waals surface area (Å²) in [4.78, 5) is 26.6. The first-order valence-electron chi connectivity index (χ1n) is 10.6. The van der Waals surface area contributed by atoms with Gasteiger partial charge in [0.2, 0.25) is 5.91 Å². The van der Waals surface area contributed by atoms with E-state index in [0.717, 1.165) is 18.6 Å². The quantitative estimate of drug-likeness (QED) is 0.615. The van der Waals surface area contributed by atoms with E-state index in [9.17, 15) is 9.59 Å². The number of rotatable bonds is 9. The molecule has 2 aromatic carbocycles. The van der Waals surface area contributed by atoms with Crippen molar-refractivity contribution in [2.45, 2.75) is 40.0 Å². The third-order valence-electron chi connectivity index (χ3n) is 5.34. The maximum absolute atomic E-state index is 12.5. The molecule has 2 amide bonds. The lowest BCUT2D eigenvalue weighted by Gasteiger charge is -2.30. The van der Waals surface area contributed by atoms with Crippen molar-refractivity contribution in [1.29, 1.82) is 0 Å². The highest BCUT2D eigenvalue weighted by molar-refractivity contribution is 5.99. The molecule has 1 aliphatic heterocycles. The molecule has 0 aliphatic carbocycles. The van der Waals surface area contributed by atoms with Gasteiger partial charge in [-0.05, 0) is 56.5 Å². The third kappa shape index (κ3) is 5.32. The number of amides is 2. The van der Waals surface area contributed by atoms with E-state index in [2.05, 4.69) is 5.32 Å². The van der Waals surface area contributed by atoms with Gasteiger partial charge in [-0.2, -0.15) is 0 Å². The monoisotopic (exact) mass is 410 g/mol. The second-order valence-corrected chi connectivity index (χ2v) is 7.53. The van der Waals surface area contributed by atoms with Crippen LogP contribution in [0.15, 0.2) is 42.5 Å². The number of aryl methyl sites for hydroxylation is 1. The molecule has 0 bridgehead atoms. The number of nitrogens with one attached hydrogen (secondary N) is 1. The van der Waals surface area contributed by atoms with Gasteiger partial charge in [0.25, 0.3) is 5.91 Å². The molecular formula is C24H30N2O4. The van der Waals surface area contributed by atoms with Gasteiger partial charge in [-0.1, -0.05) is 31.5 Å². The van der Waals surface area contributed by atoms with Gasteiger partial charge in [0.15, 0.2) is 6.61 Å². The van der Waals surface area contributed by atoms with Crippen LogP contribution in [0.3, 0.4) is 0 Å². The van der Waals surface area contributed by atoms with E-state index in [4.69, 9.17) is 9.47 Å². The van der Waals surface area contributed by atoms with Gasteiger partial charge in [0.1, 0.15) is 11.5 Å². The second-order valence-electron chi connectivity index (χ2n) is 7.53. The molecule has 1 N–H and O–H groups in total. The number of benzene rings is 2. The largest absolute Gasteiger partial charge is 0.494 e. The molecule has 0 spiro atoms. The molecule has 2 aromatic rings. The number of hydrogen-bond acceptors (Lipinski definition) is 4. The van der Waals surface area contributed by atoms with Crippen LogP contribution in [0.2, 0.25) is 0 Å². The number of carbonyl (C=O) groups is 2. The van der Waals surface area contributed by atoms with Crippen LogP contribution >= 0.6 is 0 Å². The van der Waals surface area contributed by atoms with Crippen molar-refractivity contribution in [3.8, 4) is 11.5 Å². The van der Waals surface area contributed by atoms with Crippen LogP contribution in [0.5, 0.6) is 11.5 Å². The first kappa shape index (κ1) is 21.7. The van der Waals surface area contributed by atoms with E-state index in [-0.39, 0.29) is 24.3 Å². The molecule has 1 heterocycles. The Kier molecular flexibility index (Phi) is 7.33. The average Bonchev–Trinajstić information content (AvgIpc) is 2.74. The minimum absolute atomic E-state index is 0.000974. The Hall–Kier alpha value is -3.02. The average molecular weight is 411 g/mol. The topological polar surface area (TPSA) is 67.9 Å². The van der Waals surface area contributed by atoms with Crippen molar-refractivity contribution < 1.29 is 19.1 Å². The van der Waals surface area contributed by atoms with E-state index in [1.54, 1.807) is 11.0 Å². The SMILES string of the molecule is CCC(CC)C(=O)Nc1ccc2c(c1)N(CCCOc1ccc(C)cc1)C(=O)CO2. The fourth-order valence-electron chi connectivity index (χ4n) is 3.48. The summed E-state index contributed by atoms with van der Waals surface area (Å²) in [6, 6.07) is 13.3. The molecule has 0 unspecified atom stereocenters. The fraction of sp³-hybridized carbons (Fsp3) is 0.417. The highest BCUT2D eigenvalue weighted by Gasteiger charge is 2.26. The molecule has 0 aromatic heterocycles. The zero-order valence-electron chi connectivity index (χ0n) is 17.9.